The van der Waals surface area contributed by atoms with Crippen molar-refractivity contribution in [1.82, 2.24) is 0 Å². The van der Waals surface area contributed by atoms with E-state index in [9.17, 15) is 0 Å². The van der Waals surface area contributed by atoms with Crippen molar-refractivity contribution < 1.29 is 4.74 Å². The van der Waals surface area contributed by atoms with Crippen LogP contribution < -0.4 is 15.8 Å². The Bertz CT molecular complexity index is 522. The van der Waals surface area contributed by atoms with Gasteiger partial charge in [-0.2, -0.15) is 0 Å². The minimum absolute atomic E-state index is 0.515. The quantitative estimate of drug-likeness (QED) is 0.839. The van der Waals surface area contributed by atoms with Gasteiger partial charge in [0.25, 0.3) is 0 Å². The lowest BCUT2D eigenvalue weighted by Crippen LogP contribution is -2.07. The second-order valence-electron chi connectivity index (χ2n) is 4.85. The molecule has 102 valence electrons. The zero-order chi connectivity index (χ0) is 13.7. The lowest BCUT2D eigenvalue weighted by atomic mass is 10.2. The standard InChI is InChI=1S/C15H20N2OS/c1-11(2)10-18-14-6-4-3-5-13(14)17-9-15-12(16)7-8-19-15/h3-8,11,17H,9-10,16H2,1-2H3. The van der Waals surface area contributed by atoms with Crippen LogP contribution in [0.25, 0.3) is 0 Å². The van der Waals surface area contributed by atoms with Crippen LogP contribution >= 0.6 is 11.3 Å². The van der Waals surface area contributed by atoms with E-state index < -0.39 is 0 Å². The van der Waals surface area contributed by atoms with Gasteiger partial charge in [-0.15, -0.1) is 11.3 Å². The molecule has 1 aromatic heterocycles. The van der Waals surface area contributed by atoms with Gasteiger partial charge < -0.3 is 15.8 Å². The number of ether oxygens (including phenoxy) is 1. The summed E-state index contributed by atoms with van der Waals surface area (Å²) in [5.41, 5.74) is 7.74. The Kier molecular flexibility index (Phi) is 4.68. The van der Waals surface area contributed by atoms with E-state index in [1.807, 2.05) is 35.7 Å². The number of hydrogen-bond acceptors (Lipinski definition) is 4. The molecule has 0 aliphatic rings. The summed E-state index contributed by atoms with van der Waals surface area (Å²) in [5.74, 6) is 1.41. The molecule has 0 radical (unpaired) electrons. The van der Waals surface area contributed by atoms with Gasteiger partial charge in [-0.25, -0.2) is 0 Å². The SMILES string of the molecule is CC(C)COc1ccccc1NCc1sccc1N. The molecule has 0 aliphatic heterocycles. The molecule has 0 atom stereocenters. The number of anilines is 2. The molecule has 0 amide bonds. The fraction of sp³-hybridized carbons (Fsp3) is 0.333. The number of nitrogens with two attached hydrogens (primary N) is 1. The van der Waals surface area contributed by atoms with Crippen LogP contribution in [0.15, 0.2) is 35.7 Å². The number of nitrogen functional groups attached to an aromatic ring is 1. The topological polar surface area (TPSA) is 47.3 Å². The van der Waals surface area contributed by atoms with Gasteiger partial charge in [0, 0.05) is 10.6 Å². The molecule has 1 heterocycles. The van der Waals surface area contributed by atoms with Crippen molar-refractivity contribution in [1.29, 1.82) is 0 Å². The van der Waals surface area contributed by atoms with E-state index in [1.165, 1.54) is 0 Å². The maximum Gasteiger partial charge on any atom is 0.142 e. The summed E-state index contributed by atoms with van der Waals surface area (Å²) in [4.78, 5) is 1.15. The molecule has 0 aliphatic carbocycles. The molecular weight excluding hydrogens is 256 g/mol. The van der Waals surface area contributed by atoms with Crippen molar-refractivity contribution in [2.75, 3.05) is 17.7 Å². The van der Waals surface area contributed by atoms with Crippen molar-refractivity contribution in [3.63, 3.8) is 0 Å². The molecule has 0 saturated carbocycles. The summed E-state index contributed by atoms with van der Waals surface area (Å²) in [7, 11) is 0. The van der Waals surface area contributed by atoms with Crippen molar-refractivity contribution in [2.45, 2.75) is 20.4 Å². The van der Waals surface area contributed by atoms with Crippen LogP contribution in [0.4, 0.5) is 11.4 Å². The summed E-state index contributed by atoms with van der Waals surface area (Å²) in [6.45, 7) is 5.73. The van der Waals surface area contributed by atoms with E-state index in [0.717, 1.165) is 35.2 Å². The second-order valence-corrected chi connectivity index (χ2v) is 5.85. The molecule has 1 aromatic carbocycles. The van der Waals surface area contributed by atoms with Gasteiger partial charge in [0.2, 0.25) is 0 Å². The van der Waals surface area contributed by atoms with Gasteiger partial charge in [-0.05, 0) is 29.5 Å². The monoisotopic (exact) mass is 276 g/mol. The molecule has 0 bridgehead atoms. The third-order valence-electron chi connectivity index (χ3n) is 2.68. The van der Waals surface area contributed by atoms with Crippen molar-refractivity contribution in [3.8, 4) is 5.75 Å². The van der Waals surface area contributed by atoms with Gasteiger partial charge >= 0.3 is 0 Å². The van der Waals surface area contributed by atoms with Crippen LogP contribution in [0, 0.1) is 5.92 Å². The minimum Gasteiger partial charge on any atom is -0.491 e. The van der Waals surface area contributed by atoms with Crippen LogP contribution in [0.1, 0.15) is 18.7 Å². The number of hydrogen-bond donors (Lipinski definition) is 2. The number of thiophene rings is 1. The molecular formula is C15H20N2OS. The lowest BCUT2D eigenvalue weighted by Gasteiger charge is -2.14. The van der Waals surface area contributed by atoms with Crippen molar-refractivity contribution in [3.05, 3.63) is 40.6 Å². The van der Waals surface area contributed by atoms with Crippen LogP contribution in [0.2, 0.25) is 0 Å². The summed E-state index contributed by atoms with van der Waals surface area (Å²) in [6.07, 6.45) is 0. The average molecular weight is 276 g/mol. The first-order chi connectivity index (χ1) is 9.16. The van der Waals surface area contributed by atoms with Gasteiger partial charge in [0.1, 0.15) is 5.75 Å². The molecule has 19 heavy (non-hydrogen) atoms. The van der Waals surface area contributed by atoms with Gasteiger partial charge in [-0.3, -0.25) is 0 Å². The third kappa shape index (κ3) is 3.89. The van der Waals surface area contributed by atoms with Crippen molar-refractivity contribution in [2.24, 2.45) is 5.92 Å². The lowest BCUT2D eigenvalue weighted by molar-refractivity contribution is 0.272. The highest BCUT2D eigenvalue weighted by Gasteiger charge is 2.05. The largest absolute Gasteiger partial charge is 0.491 e. The number of para-hydroxylation sites is 2. The van der Waals surface area contributed by atoms with Gasteiger partial charge in [-0.1, -0.05) is 26.0 Å². The third-order valence-corrected chi connectivity index (χ3v) is 3.62. The first-order valence-electron chi connectivity index (χ1n) is 6.44. The zero-order valence-corrected chi connectivity index (χ0v) is 12.2. The molecule has 0 unspecified atom stereocenters. The van der Waals surface area contributed by atoms with Gasteiger partial charge in [0.05, 0.1) is 18.8 Å². The molecule has 3 N–H and O–H groups in total. The predicted octanol–water partition coefficient (Wildman–Crippen LogP) is 3.98. The number of benzene rings is 1. The highest BCUT2D eigenvalue weighted by Crippen LogP contribution is 2.26. The average Bonchev–Trinajstić information content (AvgIpc) is 2.80. The number of nitrogens with one attached hydrogen (secondary N) is 1. The fourth-order valence-corrected chi connectivity index (χ4v) is 2.40. The maximum atomic E-state index is 5.88. The second kappa shape index (κ2) is 6.48. The first kappa shape index (κ1) is 13.7. The van der Waals surface area contributed by atoms with E-state index in [-0.39, 0.29) is 0 Å². The molecule has 0 fully saturated rings. The summed E-state index contributed by atoms with van der Waals surface area (Å²) >= 11 is 1.66. The summed E-state index contributed by atoms with van der Waals surface area (Å²) in [5, 5.41) is 5.39. The fourth-order valence-electron chi connectivity index (χ4n) is 1.66. The van der Waals surface area contributed by atoms with Crippen LogP contribution in [0.5, 0.6) is 5.75 Å². The Morgan fingerprint density at radius 1 is 1.26 bits per heavy atom. The van der Waals surface area contributed by atoms with E-state index >= 15 is 0 Å². The Morgan fingerprint density at radius 2 is 2.05 bits per heavy atom. The molecule has 3 nitrogen and oxygen atoms in total. The Hall–Kier alpha value is -1.68. The molecule has 0 saturated heterocycles. The van der Waals surface area contributed by atoms with E-state index in [1.54, 1.807) is 11.3 Å². The maximum absolute atomic E-state index is 5.88. The molecule has 4 heteroatoms. The Labute approximate surface area is 118 Å². The Balaban J connectivity index is 2.01. The zero-order valence-electron chi connectivity index (χ0n) is 11.3. The highest BCUT2D eigenvalue weighted by atomic mass is 32.1. The normalized spacial score (nSPS) is 10.7. The van der Waals surface area contributed by atoms with Crippen LogP contribution in [0.3, 0.4) is 0 Å². The predicted molar refractivity (Wildman–Crippen MR) is 82.8 cm³/mol. The Morgan fingerprint density at radius 3 is 2.74 bits per heavy atom. The van der Waals surface area contributed by atoms with E-state index in [2.05, 4.69) is 19.2 Å². The molecule has 2 rings (SSSR count). The molecule has 2 aromatic rings. The highest BCUT2D eigenvalue weighted by molar-refractivity contribution is 7.10. The van der Waals surface area contributed by atoms with E-state index in [4.69, 9.17) is 10.5 Å². The minimum atomic E-state index is 0.515. The summed E-state index contributed by atoms with van der Waals surface area (Å²) in [6, 6.07) is 9.94. The number of rotatable bonds is 6. The first-order valence-corrected chi connectivity index (χ1v) is 7.32. The molecule has 0 spiro atoms. The van der Waals surface area contributed by atoms with Crippen molar-refractivity contribution >= 4 is 22.7 Å². The smallest absolute Gasteiger partial charge is 0.142 e. The summed E-state index contributed by atoms with van der Waals surface area (Å²) < 4.78 is 5.81. The van der Waals surface area contributed by atoms with Gasteiger partial charge in [0.15, 0.2) is 0 Å². The van der Waals surface area contributed by atoms with Crippen LogP contribution in [-0.2, 0) is 6.54 Å². The van der Waals surface area contributed by atoms with Crippen LogP contribution in [-0.4, -0.2) is 6.61 Å². The van der Waals surface area contributed by atoms with E-state index in [0.29, 0.717) is 5.92 Å².